The van der Waals surface area contributed by atoms with Gasteiger partial charge in [0.2, 0.25) is 0 Å². The van der Waals surface area contributed by atoms with E-state index in [9.17, 15) is 18.0 Å². The molecule has 2 aromatic rings. The first-order chi connectivity index (χ1) is 16.1. The standard InChI is InChI=1S/C21H28N4O2.C2HF3O2/c1-16(2)24-15-22-18-10-12-23(14-17-8-4-3-5-9-17)20(19(18)24)21(26)25-11-6-7-13-27-25;3-2(4,5)1(6)7/h3-5,8-9,15-16,20H,6-7,10-14H2,1-2H3;(H,6,7). The predicted octanol–water partition coefficient (Wildman–Crippen LogP) is 3.75. The van der Waals surface area contributed by atoms with E-state index in [2.05, 4.69) is 40.4 Å². The minimum Gasteiger partial charge on any atom is -0.475 e. The van der Waals surface area contributed by atoms with E-state index in [1.165, 1.54) is 5.56 Å². The van der Waals surface area contributed by atoms with Crippen molar-refractivity contribution in [2.75, 3.05) is 19.7 Å². The third-order valence-corrected chi connectivity index (χ3v) is 5.68. The molecule has 0 radical (unpaired) electrons. The maximum Gasteiger partial charge on any atom is 0.490 e. The quantitative estimate of drug-likeness (QED) is 0.714. The normalized spacial score (nSPS) is 18.8. The number of amides is 1. The molecule has 34 heavy (non-hydrogen) atoms. The van der Waals surface area contributed by atoms with E-state index < -0.39 is 12.1 Å². The number of hydroxylamine groups is 2. The molecule has 3 heterocycles. The molecular weight excluding hydrogens is 453 g/mol. The third kappa shape index (κ3) is 6.15. The van der Waals surface area contributed by atoms with Gasteiger partial charge in [0.15, 0.2) is 0 Å². The van der Waals surface area contributed by atoms with Crippen LogP contribution in [0, 0.1) is 0 Å². The molecule has 1 fully saturated rings. The number of nitrogens with zero attached hydrogens (tertiary/aromatic N) is 4. The number of benzene rings is 1. The second-order valence-corrected chi connectivity index (χ2v) is 8.47. The van der Waals surface area contributed by atoms with Crippen LogP contribution < -0.4 is 0 Å². The second-order valence-electron chi connectivity index (χ2n) is 8.47. The lowest BCUT2D eigenvalue weighted by atomic mass is 9.99. The molecule has 4 rings (SSSR count). The molecule has 1 N–H and O–H groups in total. The number of aliphatic carboxylic acids is 1. The van der Waals surface area contributed by atoms with E-state index in [4.69, 9.17) is 14.7 Å². The fraction of sp³-hybridized carbons (Fsp3) is 0.522. The van der Waals surface area contributed by atoms with E-state index in [0.717, 1.165) is 43.7 Å². The minimum atomic E-state index is -5.08. The third-order valence-electron chi connectivity index (χ3n) is 5.68. The summed E-state index contributed by atoms with van der Waals surface area (Å²) in [5, 5.41) is 8.71. The van der Waals surface area contributed by atoms with E-state index in [-0.39, 0.29) is 18.0 Å². The Morgan fingerprint density at radius 2 is 1.85 bits per heavy atom. The first kappa shape index (κ1) is 25.7. The van der Waals surface area contributed by atoms with Crippen molar-refractivity contribution >= 4 is 11.9 Å². The van der Waals surface area contributed by atoms with Gasteiger partial charge in [-0.25, -0.2) is 14.8 Å². The molecule has 1 aromatic heterocycles. The molecule has 1 amide bonds. The van der Waals surface area contributed by atoms with Gasteiger partial charge in [-0.2, -0.15) is 13.2 Å². The number of imidazole rings is 1. The number of hydrogen-bond acceptors (Lipinski definition) is 5. The van der Waals surface area contributed by atoms with Crippen LogP contribution >= 0.6 is 0 Å². The van der Waals surface area contributed by atoms with Crippen molar-refractivity contribution in [3.8, 4) is 0 Å². The van der Waals surface area contributed by atoms with Gasteiger partial charge < -0.3 is 9.67 Å². The number of rotatable bonds is 4. The zero-order valence-electron chi connectivity index (χ0n) is 19.2. The summed E-state index contributed by atoms with van der Waals surface area (Å²) in [6.07, 6.45) is -0.323. The molecule has 2 aliphatic rings. The zero-order valence-corrected chi connectivity index (χ0v) is 19.2. The number of fused-ring (bicyclic) bond motifs is 1. The molecule has 0 aliphatic carbocycles. The van der Waals surface area contributed by atoms with Crippen molar-refractivity contribution in [1.29, 1.82) is 0 Å². The van der Waals surface area contributed by atoms with Gasteiger partial charge in [0.05, 0.1) is 24.3 Å². The fourth-order valence-electron chi connectivity index (χ4n) is 4.03. The summed E-state index contributed by atoms with van der Waals surface area (Å²) < 4.78 is 33.9. The monoisotopic (exact) mass is 482 g/mol. The van der Waals surface area contributed by atoms with E-state index in [1.807, 2.05) is 24.5 Å². The Labute approximate surface area is 195 Å². The summed E-state index contributed by atoms with van der Waals surface area (Å²) in [6.45, 7) is 7.12. The number of aromatic nitrogens is 2. The largest absolute Gasteiger partial charge is 0.490 e. The minimum absolute atomic E-state index is 0.0361. The molecule has 1 saturated heterocycles. The smallest absolute Gasteiger partial charge is 0.475 e. The van der Waals surface area contributed by atoms with Crippen molar-refractivity contribution in [3.63, 3.8) is 0 Å². The number of carboxylic acids is 1. The van der Waals surface area contributed by atoms with Crippen LogP contribution in [0.2, 0.25) is 0 Å². The molecule has 2 aliphatic heterocycles. The maximum absolute atomic E-state index is 13.5. The Morgan fingerprint density at radius 1 is 1.18 bits per heavy atom. The molecule has 11 heteroatoms. The van der Waals surface area contributed by atoms with Crippen LogP contribution in [0.1, 0.15) is 55.7 Å². The first-order valence-electron chi connectivity index (χ1n) is 11.2. The van der Waals surface area contributed by atoms with Crippen molar-refractivity contribution in [3.05, 3.63) is 53.6 Å². The Hall–Kier alpha value is -2.92. The number of carbonyl (C=O) groups is 2. The molecule has 0 spiro atoms. The van der Waals surface area contributed by atoms with Crippen LogP contribution in [-0.4, -0.2) is 62.4 Å². The first-order valence-corrected chi connectivity index (χ1v) is 11.2. The lowest BCUT2D eigenvalue weighted by Gasteiger charge is -2.39. The number of halogens is 3. The van der Waals surface area contributed by atoms with Crippen molar-refractivity contribution in [2.45, 2.75) is 57.9 Å². The van der Waals surface area contributed by atoms with Gasteiger partial charge in [0.1, 0.15) is 6.04 Å². The summed E-state index contributed by atoms with van der Waals surface area (Å²) in [4.78, 5) is 35.0. The topological polar surface area (TPSA) is 87.9 Å². The van der Waals surface area contributed by atoms with Gasteiger partial charge in [-0.1, -0.05) is 30.3 Å². The van der Waals surface area contributed by atoms with Gasteiger partial charge in [-0.15, -0.1) is 0 Å². The van der Waals surface area contributed by atoms with Crippen molar-refractivity contribution in [2.24, 2.45) is 0 Å². The van der Waals surface area contributed by atoms with Crippen molar-refractivity contribution in [1.82, 2.24) is 19.5 Å². The summed E-state index contributed by atoms with van der Waals surface area (Å²) in [6, 6.07) is 10.3. The van der Waals surface area contributed by atoms with Gasteiger partial charge in [0, 0.05) is 32.1 Å². The Bertz CT molecular complexity index is 972. The highest BCUT2D eigenvalue weighted by Gasteiger charge is 2.40. The summed E-state index contributed by atoms with van der Waals surface area (Å²) >= 11 is 0. The molecular formula is C23H29F3N4O4. The van der Waals surface area contributed by atoms with Crippen LogP contribution in [0.4, 0.5) is 13.2 Å². The zero-order chi connectivity index (χ0) is 24.9. The number of hydrogen-bond donors (Lipinski definition) is 1. The van der Waals surface area contributed by atoms with E-state index in [0.29, 0.717) is 13.2 Å². The number of carbonyl (C=O) groups excluding carboxylic acids is 1. The molecule has 1 aromatic carbocycles. The maximum atomic E-state index is 13.5. The lowest BCUT2D eigenvalue weighted by molar-refractivity contribution is -0.203. The van der Waals surface area contributed by atoms with E-state index in [1.54, 1.807) is 5.06 Å². The average Bonchev–Trinajstić information content (AvgIpc) is 3.24. The van der Waals surface area contributed by atoms with Gasteiger partial charge in [0.25, 0.3) is 5.91 Å². The molecule has 1 unspecified atom stereocenters. The SMILES string of the molecule is CC(C)n1cnc2c1C(C(=O)N1CCCCO1)N(Cc1ccccc1)CC2.O=C(O)C(F)(F)F. The summed E-state index contributed by atoms with van der Waals surface area (Å²) in [7, 11) is 0. The highest BCUT2D eigenvalue weighted by Crippen LogP contribution is 2.34. The molecule has 1 atom stereocenters. The Balaban J connectivity index is 0.000000406. The average molecular weight is 483 g/mol. The van der Waals surface area contributed by atoms with Crippen LogP contribution in [-0.2, 0) is 27.4 Å². The van der Waals surface area contributed by atoms with E-state index >= 15 is 0 Å². The van der Waals surface area contributed by atoms with Crippen LogP contribution in [0.25, 0.3) is 0 Å². The van der Waals surface area contributed by atoms with Gasteiger partial charge in [-0.05, 0) is 32.3 Å². The Morgan fingerprint density at radius 3 is 2.41 bits per heavy atom. The van der Waals surface area contributed by atoms with Crippen LogP contribution in [0.15, 0.2) is 36.7 Å². The molecule has 8 nitrogen and oxygen atoms in total. The van der Waals surface area contributed by atoms with Crippen LogP contribution in [0.3, 0.4) is 0 Å². The molecule has 0 saturated carbocycles. The second kappa shape index (κ2) is 11.0. The number of alkyl halides is 3. The molecule has 0 bridgehead atoms. The summed E-state index contributed by atoms with van der Waals surface area (Å²) in [5.74, 6) is -2.72. The Kier molecular flexibility index (Phi) is 8.32. The highest BCUT2D eigenvalue weighted by atomic mass is 19.4. The lowest BCUT2D eigenvalue weighted by Crippen LogP contribution is -2.48. The van der Waals surface area contributed by atoms with Gasteiger partial charge in [-0.3, -0.25) is 14.5 Å². The number of carboxylic acid groups (broad SMARTS) is 1. The van der Waals surface area contributed by atoms with Crippen molar-refractivity contribution < 1.29 is 32.7 Å². The van der Waals surface area contributed by atoms with Crippen LogP contribution in [0.5, 0.6) is 0 Å². The molecule has 186 valence electrons. The summed E-state index contributed by atoms with van der Waals surface area (Å²) in [5.41, 5.74) is 3.30. The predicted molar refractivity (Wildman–Crippen MR) is 116 cm³/mol. The fourth-order valence-corrected chi connectivity index (χ4v) is 4.03. The van der Waals surface area contributed by atoms with Gasteiger partial charge >= 0.3 is 12.1 Å². The highest BCUT2D eigenvalue weighted by molar-refractivity contribution is 5.82.